The lowest BCUT2D eigenvalue weighted by Gasteiger charge is -2.34. The molecule has 1 N–H and O–H groups in total. The van der Waals surface area contributed by atoms with Crippen molar-refractivity contribution in [3.8, 4) is 0 Å². The molecule has 94 valence electrons. The first-order chi connectivity index (χ1) is 7.56. The third kappa shape index (κ3) is 3.76. The van der Waals surface area contributed by atoms with Crippen molar-refractivity contribution in [3.63, 3.8) is 0 Å². The molecule has 0 aliphatic heterocycles. The summed E-state index contributed by atoms with van der Waals surface area (Å²) >= 11 is 0. The zero-order valence-electron chi connectivity index (χ0n) is 10.6. The van der Waals surface area contributed by atoms with Crippen molar-refractivity contribution in [1.29, 1.82) is 0 Å². The van der Waals surface area contributed by atoms with Crippen molar-refractivity contribution in [2.75, 3.05) is 33.2 Å². The van der Waals surface area contributed by atoms with Crippen LogP contribution in [-0.2, 0) is 4.79 Å². The molecular weight excluding hydrogens is 204 g/mol. The number of carbonyl (C=O) groups is 1. The molecule has 1 fully saturated rings. The number of aliphatic hydroxyl groups is 1. The van der Waals surface area contributed by atoms with E-state index in [0.29, 0.717) is 12.5 Å². The molecule has 0 aromatic carbocycles. The van der Waals surface area contributed by atoms with Crippen molar-refractivity contribution in [2.45, 2.75) is 32.8 Å². The fourth-order valence-corrected chi connectivity index (χ4v) is 2.26. The van der Waals surface area contributed by atoms with E-state index in [2.05, 4.69) is 4.90 Å². The molecule has 0 saturated heterocycles. The van der Waals surface area contributed by atoms with Gasteiger partial charge in [-0.25, -0.2) is 0 Å². The van der Waals surface area contributed by atoms with Gasteiger partial charge in [0.25, 0.3) is 0 Å². The average molecular weight is 228 g/mol. The monoisotopic (exact) mass is 228 g/mol. The maximum atomic E-state index is 11.8. The van der Waals surface area contributed by atoms with Gasteiger partial charge in [-0.2, -0.15) is 0 Å². The second-order valence-electron chi connectivity index (χ2n) is 4.75. The summed E-state index contributed by atoms with van der Waals surface area (Å²) in [4.78, 5) is 15.7. The highest BCUT2D eigenvalue weighted by atomic mass is 16.3. The number of likely N-dealkylation sites (N-methyl/N-ethyl adjacent to an activating group) is 2. The van der Waals surface area contributed by atoms with Gasteiger partial charge in [0, 0.05) is 19.6 Å². The molecule has 1 aliphatic carbocycles. The smallest absolute Gasteiger partial charge is 0.236 e. The number of hydrogen-bond donors (Lipinski definition) is 1. The summed E-state index contributed by atoms with van der Waals surface area (Å²) in [6.07, 6.45) is 1.69. The van der Waals surface area contributed by atoms with Crippen LogP contribution in [0.15, 0.2) is 0 Å². The van der Waals surface area contributed by atoms with Crippen molar-refractivity contribution in [1.82, 2.24) is 9.80 Å². The van der Waals surface area contributed by atoms with Gasteiger partial charge < -0.3 is 10.0 Å². The Bertz CT molecular complexity index is 223. The molecule has 0 aromatic heterocycles. The van der Waals surface area contributed by atoms with E-state index in [1.54, 1.807) is 0 Å². The lowest BCUT2D eigenvalue weighted by Crippen LogP contribution is -2.43. The highest BCUT2D eigenvalue weighted by Gasteiger charge is 2.28. The number of rotatable bonds is 6. The Kier molecular flexibility index (Phi) is 5.22. The summed E-state index contributed by atoms with van der Waals surface area (Å²) in [5.74, 6) is 0.775. The van der Waals surface area contributed by atoms with Crippen LogP contribution in [0.1, 0.15) is 26.7 Å². The van der Waals surface area contributed by atoms with E-state index in [-0.39, 0.29) is 12.0 Å². The molecule has 0 atom stereocenters. The Morgan fingerprint density at radius 2 is 1.88 bits per heavy atom. The lowest BCUT2D eigenvalue weighted by molar-refractivity contribution is -0.132. The first-order valence-corrected chi connectivity index (χ1v) is 6.21. The van der Waals surface area contributed by atoms with Crippen LogP contribution in [0.25, 0.3) is 0 Å². The van der Waals surface area contributed by atoms with Gasteiger partial charge in [0.05, 0.1) is 12.6 Å². The molecule has 16 heavy (non-hydrogen) atoms. The molecule has 4 nitrogen and oxygen atoms in total. The molecule has 1 rings (SSSR count). The first-order valence-electron chi connectivity index (χ1n) is 6.21. The van der Waals surface area contributed by atoms with E-state index in [1.807, 2.05) is 25.8 Å². The number of carbonyl (C=O) groups excluding carboxylic acids is 1. The van der Waals surface area contributed by atoms with Gasteiger partial charge in [0.2, 0.25) is 5.91 Å². The largest absolute Gasteiger partial charge is 0.393 e. The molecule has 0 radical (unpaired) electrons. The SMILES string of the molecule is CCN(CC)C(=O)CN(C)CC1CC(O)C1. The summed E-state index contributed by atoms with van der Waals surface area (Å²) in [6, 6.07) is 0. The molecule has 1 amide bonds. The minimum absolute atomic E-state index is 0.100. The normalized spacial score (nSPS) is 24.3. The molecule has 0 heterocycles. The Morgan fingerprint density at radius 3 is 2.31 bits per heavy atom. The maximum Gasteiger partial charge on any atom is 0.236 e. The molecule has 0 spiro atoms. The van der Waals surface area contributed by atoms with Gasteiger partial charge in [-0.1, -0.05) is 0 Å². The molecule has 1 saturated carbocycles. The second kappa shape index (κ2) is 6.21. The summed E-state index contributed by atoms with van der Waals surface area (Å²) in [7, 11) is 1.98. The number of amides is 1. The first kappa shape index (κ1) is 13.5. The Balaban J connectivity index is 2.22. The van der Waals surface area contributed by atoms with E-state index in [9.17, 15) is 9.90 Å². The Labute approximate surface area is 98.2 Å². The Hall–Kier alpha value is -0.610. The highest BCUT2D eigenvalue weighted by molar-refractivity contribution is 5.78. The quantitative estimate of drug-likeness (QED) is 0.722. The molecule has 4 heteroatoms. The van der Waals surface area contributed by atoms with Crippen molar-refractivity contribution < 1.29 is 9.90 Å². The van der Waals surface area contributed by atoms with E-state index in [1.165, 1.54) is 0 Å². The van der Waals surface area contributed by atoms with Crippen molar-refractivity contribution in [2.24, 2.45) is 5.92 Å². The summed E-state index contributed by atoms with van der Waals surface area (Å²) in [5.41, 5.74) is 0. The van der Waals surface area contributed by atoms with E-state index in [4.69, 9.17) is 0 Å². The summed E-state index contributed by atoms with van der Waals surface area (Å²) < 4.78 is 0. The minimum atomic E-state index is -0.100. The highest BCUT2D eigenvalue weighted by Crippen LogP contribution is 2.27. The van der Waals surface area contributed by atoms with Crippen LogP contribution in [-0.4, -0.2) is 60.1 Å². The lowest BCUT2D eigenvalue weighted by atomic mass is 9.82. The minimum Gasteiger partial charge on any atom is -0.393 e. The third-order valence-electron chi connectivity index (χ3n) is 3.30. The fraction of sp³-hybridized carbons (Fsp3) is 0.917. The molecule has 0 unspecified atom stereocenters. The van der Waals surface area contributed by atoms with Crippen molar-refractivity contribution >= 4 is 5.91 Å². The average Bonchev–Trinajstić information content (AvgIpc) is 2.17. The maximum absolute atomic E-state index is 11.8. The van der Waals surface area contributed by atoms with Gasteiger partial charge in [0.15, 0.2) is 0 Å². The van der Waals surface area contributed by atoms with Crippen molar-refractivity contribution in [3.05, 3.63) is 0 Å². The number of hydrogen-bond acceptors (Lipinski definition) is 3. The standard InChI is InChI=1S/C12H24N2O2/c1-4-14(5-2)12(16)9-13(3)8-10-6-11(15)7-10/h10-11,15H,4-9H2,1-3H3. The van der Waals surface area contributed by atoms with Crippen LogP contribution < -0.4 is 0 Å². The van der Waals surface area contributed by atoms with Crippen LogP contribution in [0.2, 0.25) is 0 Å². The fourth-order valence-electron chi connectivity index (χ4n) is 2.26. The van der Waals surface area contributed by atoms with Gasteiger partial charge in [-0.05, 0) is 39.7 Å². The van der Waals surface area contributed by atoms with Crippen LogP contribution >= 0.6 is 0 Å². The topological polar surface area (TPSA) is 43.8 Å². The van der Waals surface area contributed by atoms with Gasteiger partial charge in [0.1, 0.15) is 0 Å². The van der Waals surface area contributed by atoms with Crippen LogP contribution in [0.5, 0.6) is 0 Å². The van der Waals surface area contributed by atoms with Gasteiger partial charge in [-0.15, -0.1) is 0 Å². The van der Waals surface area contributed by atoms with E-state index in [0.717, 1.165) is 32.5 Å². The van der Waals surface area contributed by atoms with E-state index >= 15 is 0 Å². The number of aliphatic hydroxyl groups excluding tert-OH is 1. The molecule has 0 bridgehead atoms. The van der Waals surface area contributed by atoms with Crippen LogP contribution in [0.3, 0.4) is 0 Å². The summed E-state index contributed by atoms with van der Waals surface area (Å²) in [6.45, 7) is 6.99. The summed E-state index contributed by atoms with van der Waals surface area (Å²) in [5, 5.41) is 9.18. The predicted molar refractivity (Wildman–Crippen MR) is 64.2 cm³/mol. The van der Waals surface area contributed by atoms with Crippen LogP contribution in [0, 0.1) is 5.92 Å². The zero-order valence-corrected chi connectivity index (χ0v) is 10.6. The second-order valence-corrected chi connectivity index (χ2v) is 4.75. The molecular formula is C12H24N2O2. The Morgan fingerprint density at radius 1 is 1.31 bits per heavy atom. The van der Waals surface area contributed by atoms with Gasteiger partial charge in [-0.3, -0.25) is 9.69 Å². The third-order valence-corrected chi connectivity index (χ3v) is 3.30. The predicted octanol–water partition coefficient (Wildman–Crippen LogP) is 0.557. The zero-order chi connectivity index (χ0) is 12.1. The van der Waals surface area contributed by atoms with E-state index < -0.39 is 0 Å². The molecule has 1 aliphatic rings. The van der Waals surface area contributed by atoms with Crippen LogP contribution in [0.4, 0.5) is 0 Å². The number of nitrogens with zero attached hydrogens (tertiary/aromatic N) is 2. The molecule has 0 aromatic rings. The van der Waals surface area contributed by atoms with Gasteiger partial charge >= 0.3 is 0 Å².